The molecule has 0 heterocycles. The standard InChI is InChI=1S/C13H16O2/c1-10(2)7-8-13(14)11-5-4-6-12(9-11)15-3/h4-10H,1-3H3/b8-7+. The second kappa shape index (κ2) is 5.35. The highest BCUT2D eigenvalue weighted by atomic mass is 16.5. The Labute approximate surface area is 90.6 Å². The first-order valence-corrected chi connectivity index (χ1v) is 5.00. The molecular weight excluding hydrogens is 188 g/mol. The SMILES string of the molecule is COc1cccc(C(=O)/C=C/C(C)C)c1. The third-order valence-corrected chi connectivity index (χ3v) is 1.99. The highest BCUT2D eigenvalue weighted by molar-refractivity contribution is 6.04. The minimum Gasteiger partial charge on any atom is -0.497 e. The summed E-state index contributed by atoms with van der Waals surface area (Å²) in [6.07, 6.45) is 3.50. The van der Waals surface area contributed by atoms with E-state index in [1.165, 1.54) is 0 Å². The van der Waals surface area contributed by atoms with E-state index in [4.69, 9.17) is 4.74 Å². The van der Waals surface area contributed by atoms with Crippen LogP contribution in [0, 0.1) is 5.92 Å². The minimum absolute atomic E-state index is 0.0163. The minimum atomic E-state index is 0.0163. The lowest BCUT2D eigenvalue weighted by Crippen LogP contribution is -1.95. The van der Waals surface area contributed by atoms with Crippen molar-refractivity contribution < 1.29 is 9.53 Å². The zero-order valence-corrected chi connectivity index (χ0v) is 9.36. The number of rotatable bonds is 4. The number of benzene rings is 1. The number of ketones is 1. The lowest BCUT2D eigenvalue weighted by atomic mass is 10.1. The lowest BCUT2D eigenvalue weighted by molar-refractivity contribution is 0.104. The monoisotopic (exact) mass is 204 g/mol. The van der Waals surface area contributed by atoms with Crippen LogP contribution in [0.15, 0.2) is 36.4 Å². The second-order valence-corrected chi connectivity index (χ2v) is 3.70. The van der Waals surface area contributed by atoms with Gasteiger partial charge in [-0.15, -0.1) is 0 Å². The van der Waals surface area contributed by atoms with Crippen molar-refractivity contribution in [3.63, 3.8) is 0 Å². The molecule has 0 aliphatic rings. The molecule has 1 aromatic rings. The Balaban J connectivity index is 2.82. The Morgan fingerprint density at radius 3 is 2.73 bits per heavy atom. The van der Waals surface area contributed by atoms with Gasteiger partial charge in [0.1, 0.15) is 5.75 Å². The van der Waals surface area contributed by atoms with Gasteiger partial charge in [-0.25, -0.2) is 0 Å². The number of methoxy groups -OCH3 is 1. The Kier molecular flexibility index (Phi) is 4.10. The Bertz CT molecular complexity index is 365. The van der Waals surface area contributed by atoms with Crippen LogP contribution in [0.5, 0.6) is 5.75 Å². The molecule has 2 nitrogen and oxygen atoms in total. The maximum atomic E-state index is 11.7. The van der Waals surface area contributed by atoms with Crippen molar-refractivity contribution in [3.8, 4) is 5.75 Å². The van der Waals surface area contributed by atoms with Crippen LogP contribution >= 0.6 is 0 Å². The third kappa shape index (κ3) is 3.58. The molecule has 0 bridgehead atoms. The van der Waals surface area contributed by atoms with Gasteiger partial charge in [-0.3, -0.25) is 4.79 Å². The van der Waals surface area contributed by atoms with Crippen molar-refractivity contribution in [2.75, 3.05) is 7.11 Å². The molecule has 0 aromatic heterocycles. The Morgan fingerprint density at radius 1 is 1.40 bits per heavy atom. The van der Waals surface area contributed by atoms with Gasteiger partial charge in [0.05, 0.1) is 7.11 Å². The van der Waals surface area contributed by atoms with E-state index in [9.17, 15) is 4.79 Å². The molecule has 0 amide bonds. The Hall–Kier alpha value is -1.57. The molecule has 15 heavy (non-hydrogen) atoms. The van der Waals surface area contributed by atoms with Crippen LogP contribution in [0.25, 0.3) is 0 Å². The summed E-state index contributed by atoms with van der Waals surface area (Å²) in [5.74, 6) is 1.11. The molecule has 0 unspecified atom stereocenters. The van der Waals surface area contributed by atoms with Crippen LogP contribution in [-0.2, 0) is 0 Å². The average molecular weight is 204 g/mol. The molecule has 0 aliphatic heterocycles. The van der Waals surface area contributed by atoms with Crippen molar-refractivity contribution in [3.05, 3.63) is 42.0 Å². The van der Waals surface area contributed by atoms with Gasteiger partial charge < -0.3 is 4.74 Å². The molecule has 0 saturated heterocycles. The van der Waals surface area contributed by atoms with Crippen LogP contribution in [0.3, 0.4) is 0 Å². The fourth-order valence-electron chi connectivity index (χ4n) is 1.15. The first-order chi connectivity index (χ1) is 7.13. The van der Waals surface area contributed by atoms with E-state index in [1.54, 1.807) is 25.3 Å². The van der Waals surface area contributed by atoms with E-state index in [0.29, 0.717) is 17.2 Å². The summed E-state index contributed by atoms with van der Waals surface area (Å²) in [7, 11) is 1.59. The number of carbonyl (C=O) groups is 1. The highest BCUT2D eigenvalue weighted by Gasteiger charge is 2.02. The average Bonchev–Trinajstić information content (AvgIpc) is 2.26. The first kappa shape index (κ1) is 11.5. The van der Waals surface area contributed by atoms with Crippen LogP contribution in [0.4, 0.5) is 0 Å². The maximum absolute atomic E-state index is 11.7. The van der Waals surface area contributed by atoms with Gasteiger partial charge in [-0.1, -0.05) is 32.1 Å². The summed E-state index contributed by atoms with van der Waals surface area (Å²) in [5, 5.41) is 0. The maximum Gasteiger partial charge on any atom is 0.185 e. The van der Waals surface area contributed by atoms with Crippen LogP contribution in [-0.4, -0.2) is 12.9 Å². The predicted molar refractivity (Wildman–Crippen MR) is 61.3 cm³/mol. The molecule has 0 saturated carbocycles. The summed E-state index contributed by atoms with van der Waals surface area (Å²) in [4.78, 5) is 11.7. The fraction of sp³-hybridized carbons (Fsp3) is 0.308. The summed E-state index contributed by atoms with van der Waals surface area (Å²) in [5.41, 5.74) is 0.659. The molecule has 1 aromatic carbocycles. The number of hydrogen-bond donors (Lipinski definition) is 0. The third-order valence-electron chi connectivity index (χ3n) is 1.99. The van der Waals surface area contributed by atoms with E-state index in [0.717, 1.165) is 0 Å². The molecule has 0 aliphatic carbocycles. The largest absolute Gasteiger partial charge is 0.497 e. The van der Waals surface area contributed by atoms with Gasteiger partial charge in [0.2, 0.25) is 0 Å². The molecular formula is C13H16O2. The summed E-state index contributed by atoms with van der Waals surface area (Å²) in [6, 6.07) is 7.17. The van der Waals surface area contributed by atoms with E-state index >= 15 is 0 Å². The van der Waals surface area contributed by atoms with Crippen molar-refractivity contribution in [1.29, 1.82) is 0 Å². The van der Waals surface area contributed by atoms with Crippen LogP contribution < -0.4 is 4.74 Å². The smallest absolute Gasteiger partial charge is 0.185 e. The van der Waals surface area contributed by atoms with E-state index in [-0.39, 0.29) is 5.78 Å². The van der Waals surface area contributed by atoms with Gasteiger partial charge >= 0.3 is 0 Å². The first-order valence-electron chi connectivity index (χ1n) is 5.00. The zero-order valence-electron chi connectivity index (χ0n) is 9.36. The van der Waals surface area contributed by atoms with Gasteiger partial charge in [-0.2, -0.15) is 0 Å². The van der Waals surface area contributed by atoms with E-state index in [1.807, 2.05) is 32.1 Å². The molecule has 0 radical (unpaired) electrons. The molecule has 0 N–H and O–H groups in total. The van der Waals surface area contributed by atoms with Gasteiger partial charge in [-0.05, 0) is 24.1 Å². The predicted octanol–water partition coefficient (Wildman–Crippen LogP) is 3.09. The quantitative estimate of drug-likeness (QED) is 0.556. The second-order valence-electron chi connectivity index (χ2n) is 3.70. The van der Waals surface area contributed by atoms with Gasteiger partial charge in [0, 0.05) is 5.56 Å². The van der Waals surface area contributed by atoms with E-state index in [2.05, 4.69) is 0 Å². The fourth-order valence-corrected chi connectivity index (χ4v) is 1.15. The molecule has 0 spiro atoms. The molecule has 0 atom stereocenters. The topological polar surface area (TPSA) is 26.3 Å². The normalized spacial score (nSPS) is 10.9. The van der Waals surface area contributed by atoms with Gasteiger partial charge in [0.25, 0.3) is 0 Å². The van der Waals surface area contributed by atoms with E-state index < -0.39 is 0 Å². The zero-order chi connectivity index (χ0) is 11.3. The van der Waals surface area contributed by atoms with Crippen LogP contribution in [0.2, 0.25) is 0 Å². The lowest BCUT2D eigenvalue weighted by Gasteiger charge is -2.01. The molecule has 2 heteroatoms. The van der Waals surface area contributed by atoms with Crippen molar-refractivity contribution in [1.82, 2.24) is 0 Å². The highest BCUT2D eigenvalue weighted by Crippen LogP contribution is 2.13. The number of ether oxygens (including phenoxy) is 1. The summed E-state index contributed by atoms with van der Waals surface area (Å²) < 4.78 is 5.05. The van der Waals surface area contributed by atoms with Crippen molar-refractivity contribution in [2.45, 2.75) is 13.8 Å². The van der Waals surface area contributed by atoms with Gasteiger partial charge in [0.15, 0.2) is 5.78 Å². The number of carbonyl (C=O) groups excluding carboxylic acids is 1. The molecule has 0 fully saturated rings. The molecule has 80 valence electrons. The number of hydrogen-bond acceptors (Lipinski definition) is 2. The summed E-state index contributed by atoms with van der Waals surface area (Å²) >= 11 is 0. The van der Waals surface area contributed by atoms with Crippen molar-refractivity contribution in [2.24, 2.45) is 5.92 Å². The Morgan fingerprint density at radius 2 is 2.13 bits per heavy atom. The molecule has 1 rings (SSSR count). The van der Waals surface area contributed by atoms with Crippen LogP contribution in [0.1, 0.15) is 24.2 Å². The number of allylic oxidation sites excluding steroid dienone is 2. The van der Waals surface area contributed by atoms with Crippen molar-refractivity contribution >= 4 is 5.78 Å². The summed E-state index contributed by atoms with van der Waals surface area (Å²) in [6.45, 7) is 4.07.